The molecule has 1 aromatic carbocycles. The van der Waals surface area contributed by atoms with Gasteiger partial charge in [-0.05, 0) is 31.5 Å². The van der Waals surface area contributed by atoms with Gasteiger partial charge in [-0.15, -0.1) is 0 Å². The minimum absolute atomic E-state index is 0.289. The zero-order chi connectivity index (χ0) is 14.8. The fraction of sp³-hybridized carbons (Fsp3) is 0.500. The second-order valence-electron chi connectivity index (χ2n) is 5.64. The topological polar surface area (TPSA) is 52.2 Å². The van der Waals surface area contributed by atoms with Gasteiger partial charge in [0, 0.05) is 38.3 Å². The first-order valence-corrected chi connectivity index (χ1v) is 7.66. The van der Waals surface area contributed by atoms with Gasteiger partial charge in [0.15, 0.2) is 0 Å². The van der Waals surface area contributed by atoms with E-state index in [-0.39, 0.29) is 5.91 Å². The third-order valence-electron chi connectivity index (χ3n) is 4.05. The molecule has 1 aromatic heterocycles. The number of aryl methyl sites for hydroxylation is 1. The second-order valence-corrected chi connectivity index (χ2v) is 5.64. The molecule has 0 unspecified atom stereocenters. The van der Waals surface area contributed by atoms with E-state index in [9.17, 15) is 4.79 Å². The Labute approximate surface area is 125 Å². The highest BCUT2D eigenvalue weighted by atomic mass is 16.2. The molecule has 0 spiro atoms. The number of imidazole rings is 1. The summed E-state index contributed by atoms with van der Waals surface area (Å²) in [7, 11) is 0. The van der Waals surface area contributed by atoms with E-state index in [1.54, 1.807) is 0 Å². The summed E-state index contributed by atoms with van der Waals surface area (Å²) in [6.45, 7) is 7.45. The first-order chi connectivity index (χ1) is 10.2. The number of amides is 1. The molecule has 112 valence electrons. The Hall–Kier alpha value is -2.04. The monoisotopic (exact) mass is 286 g/mol. The zero-order valence-corrected chi connectivity index (χ0v) is 12.7. The summed E-state index contributed by atoms with van der Waals surface area (Å²) in [6, 6.07) is 6.33. The van der Waals surface area contributed by atoms with E-state index in [0.29, 0.717) is 6.42 Å². The molecule has 0 aliphatic carbocycles. The van der Waals surface area contributed by atoms with Crippen molar-refractivity contribution < 1.29 is 4.79 Å². The van der Waals surface area contributed by atoms with E-state index in [2.05, 4.69) is 40.0 Å². The maximum Gasteiger partial charge on any atom is 0.222 e. The number of piperazine rings is 1. The van der Waals surface area contributed by atoms with Crippen LogP contribution < -0.4 is 4.90 Å². The Morgan fingerprint density at radius 1 is 1.29 bits per heavy atom. The summed E-state index contributed by atoms with van der Waals surface area (Å²) >= 11 is 0. The number of nitrogens with one attached hydrogen (secondary N) is 1. The first kappa shape index (κ1) is 13.9. The molecular weight excluding hydrogens is 264 g/mol. The van der Waals surface area contributed by atoms with Crippen LogP contribution in [0.2, 0.25) is 0 Å². The number of fused-ring (bicyclic) bond motifs is 1. The van der Waals surface area contributed by atoms with E-state index >= 15 is 0 Å². The van der Waals surface area contributed by atoms with E-state index in [4.69, 9.17) is 0 Å². The number of benzene rings is 1. The highest BCUT2D eigenvalue weighted by molar-refractivity contribution is 5.80. The molecule has 0 atom stereocenters. The Bertz CT molecular complexity index is 641. The fourth-order valence-corrected chi connectivity index (χ4v) is 2.91. The SMILES string of the molecule is CCCC(=O)N1CCN(c2ccc3nc(C)[nH]c3c2)CC1. The number of carbonyl (C=O) groups is 1. The molecule has 2 aromatic rings. The lowest BCUT2D eigenvalue weighted by atomic mass is 10.2. The number of aromatic amines is 1. The fourth-order valence-electron chi connectivity index (χ4n) is 2.91. The van der Waals surface area contributed by atoms with Crippen molar-refractivity contribution in [2.75, 3.05) is 31.1 Å². The van der Waals surface area contributed by atoms with Crippen LogP contribution in [0.5, 0.6) is 0 Å². The highest BCUT2D eigenvalue weighted by Gasteiger charge is 2.20. The van der Waals surface area contributed by atoms with Crippen molar-refractivity contribution >= 4 is 22.6 Å². The molecule has 2 heterocycles. The molecule has 5 nitrogen and oxygen atoms in total. The minimum Gasteiger partial charge on any atom is -0.368 e. The highest BCUT2D eigenvalue weighted by Crippen LogP contribution is 2.22. The predicted molar refractivity (Wildman–Crippen MR) is 84.5 cm³/mol. The van der Waals surface area contributed by atoms with Crippen molar-refractivity contribution in [1.29, 1.82) is 0 Å². The molecule has 1 aliphatic heterocycles. The molecule has 1 fully saturated rings. The third-order valence-corrected chi connectivity index (χ3v) is 4.05. The summed E-state index contributed by atoms with van der Waals surface area (Å²) in [5, 5.41) is 0. The maximum absolute atomic E-state index is 11.9. The van der Waals surface area contributed by atoms with Gasteiger partial charge in [0.2, 0.25) is 5.91 Å². The van der Waals surface area contributed by atoms with Gasteiger partial charge < -0.3 is 14.8 Å². The van der Waals surface area contributed by atoms with E-state index in [1.165, 1.54) is 5.69 Å². The van der Waals surface area contributed by atoms with Gasteiger partial charge in [-0.3, -0.25) is 4.79 Å². The van der Waals surface area contributed by atoms with Gasteiger partial charge >= 0.3 is 0 Å². The van der Waals surface area contributed by atoms with Crippen LogP contribution >= 0.6 is 0 Å². The number of anilines is 1. The minimum atomic E-state index is 0.289. The van der Waals surface area contributed by atoms with Crippen molar-refractivity contribution in [3.63, 3.8) is 0 Å². The van der Waals surface area contributed by atoms with E-state index in [1.807, 2.05) is 11.8 Å². The molecule has 1 N–H and O–H groups in total. The molecule has 1 aliphatic rings. The number of hydrogen-bond acceptors (Lipinski definition) is 3. The molecule has 21 heavy (non-hydrogen) atoms. The number of rotatable bonds is 3. The molecule has 5 heteroatoms. The van der Waals surface area contributed by atoms with Gasteiger partial charge in [-0.25, -0.2) is 4.98 Å². The maximum atomic E-state index is 11.9. The third kappa shape index (κ3) is 2.86. The van der Waals surface area contributed by atoms with E-state index in [0.717, 1.165) is 49.5 Å². The zero-order valence-electron chi connectivity index (χ0n) is 12.7. The van der Waals surface area contributed by atoms with Crippen LogP contribution in [0.3, 0.4) is 0 Å². The van der Waals surface area contributed by atoms with Gasteiger partial charge in [0.25, 0.3) is 0 Å². The van der Waals surface area contributed by atoms with Crippen molar-refractivity contribution in [3.05, 3.63) is 24.0 Å². The Balaban J connectivity index is 1.69. The number of carbonyl (C=O) groups excluding carboxylic acids is 1. The van der Waals surface area contributed by atoms with Crippen LogP contribution in [0.4, 0.5) is 5.69 Å². The number of H-pyrrole nitrogens is 1. The van der Waals surface area contributed by atoms with E-state index < -0.39 is 0 Å². The average molecular weight is 286 g/mol. The average Bonchev–Trinajstić information content (AvgIpc) is 2.86. The Kier molecular flexibility index (Phi) is 3.82. The second kappa shape index (κ2) is 5.76. The largest absolute Gasteiger partial charge is 0.368 e. The quantitative estimate of drug-likeness (QED) is 0.942. The molecule has 0 radical (unpaired) electrons. The van der Waals surface area contributed by atoms with Crippen LogP contribution in [-0.2, 0) is 4.79 Å². The summed E-state index contributed by atoms with van der Waals surface area (Å²) in [5.41, 5.74) is 3.29. The van der Waals surface area contributed by atoms with Crippen molar-refractivity contribution in [2.24, 2.45) is 0 Å². The summed E-state index contributed by atoms with van der Waals surface area (Å²) in [4.78, 5) is 23.9. The molecular formula is C16H22N4O. The lowest BCUT2D eigenvalue weighted by Gasteiger charge is -2.36. The van der Waals surface area contributed by atoms with Crippen LogP contribution in [0.15, 0.2) is 18.2 Å². The van der Waals surface area contributed by atoms with Gasteiger partial charge in [-0.2, -0.15) is 0 Å². The molecule has 1 amide bonds. The molecule has 0 saturated carbocycles. The van der Waals surface area contributed by atoms with Crippen LogP contribution in [0.25, 0.3) is 11.0 Å². The lowest BCUT2D eigenvalue weighted by Crippen LogP contribution is -2.48. The van der Waals surface area contributed by atoms with Gasteiger partial charge in [0.05, 0.1) is 11.0 Å². The Morgan fingerprint density at radius 2 is 2.05 bits per heavy atom. The molecule has 3 rings (SSSR count). The summed E-state index contributed by atoms with van der Waals surface area (Å²) < 4.78 is 0. The van der Waals surface area contributed by atoms with Gasteiger partial charge in [-0.1, -0.05) is 6.92 Å². The lowest BCUT2D eigenvalue weighted by molar-refractivity contribution is -0.131. The Morgan fingerprint density at radius 3 is 2.76 bits per heavy atom. The summed E-state index contributed by atoms with van der Waals surface area (Å²) in [6.07, 6.45) is 1.59. The van der Waals surface area contributed by atoms with Crippen LogP contribution in [-0.4, -0.2) is 47.0 Å². The number of aromatic nitrogens is 2. The standard InChI is InChI=1S/C16H22N4O/c1-3-4-16(21)20-9-7-19(8-10-20)13-5-6-14-15(11-13)18-12(2)17-14/h5-6,11H,3-4,7-10H2,1-2H3,(H,17,18). The van der Waals surface area contributed by atoms with Gasteiger partial charge in [0.1, 0.15) is 5.82 Å². The smallest absolute Gasteiger partial charge is 0.222 e. The van der Waals surface area contributed by atoms with Crippen molar-refractivity contribution in [3.8, 4) is 0 Å². The molecule has 1 saturated heterocycles. The predicted octanol–water partition coefficient (Wildman–Crippen LogP) is 2.32. The first-order valence-electron chi connectivity index (χ1n) is 7.66. The summed E-state index contributed by atoms with van der Waals surface area (Å²) in [5.74, 6) is 1.23. The molecule has 0 bridgehead atoms. The van der Waals surface area contributed by atoms with Crippen LogP contribution in [0, 0.1) is 6.92 Å². The van der Waals surface area contributed by atoms with Crippen molar-refractivity contribution in [1.82, 2.24) is 14.9 Å². The van der Waals surface area contributed by atoms with Crippen molar-refractivity contribution in [2.45, 2.75) is 26.7 Å². The number of hydrogen-bond donors (Lipinski definition) is 1. The normalized spacial score (nSPS) is 15.7. The van der Waals surface area contributed by atoms with Crippen LogP contribution in [0.1, 0.15) is 25.6 Å². The number of nitrogens with zero attached hydrogens (tertiary/aromatic N) is 3.